The molecule has 6 nitrogen and oxygen atoms in total. The second-order valence-corrected chi connectivity index (χ2v) is 9.31. The summed E-state index contributed by atoms with van der Waals surface area (Å²) in [5.41, 5.74) is 0. The summed E-state index contributed by atoms with van der Waals surface area (Å²) in [6, 6.07) is 8.39. The number of sulfonamides is 1. The van der Waals surface area contributed by atoms with Crippen LogP contribution in [0, 0.1) is 5.92 Å². The first-order valence-electron chi connectivity index (χ1n) is 9.99. The number of benzene rings is 1. The highest BCUT2D eigenvalue weighted by Gasteiger charge is 2.37. The first-order valence-corrected chi connectivity index (χ1v) is 11.5. The highest BCUT2D eigenvalue weighted by molar-refractivity contribution is 7.89. The summed E-state index contributed by atoms with van der Waals surface area (Å²) in [6.45, 7) is 2.58. The monoisotopic (exact) mass is 394 g/mol. The van der Waals surface area contributed by atoms with E-state index in [2.05, 4.69) is 10.0 Å². The van der Waals surface area contributed by atoms with E-state index in [0.717, 1.165) is 19.3 Å². The van der Waals surface area contributed by atoms with Crippen LogP contribution in [0.4, 0.5) is 0 Å². The summed E-state index contributed by atoms with van der Waals surface area (Å²) in [7, 11) is -3.60. The summed E-state index contributed by atoms with van der Waals surface area (Å²) in [4.78, 5) is 12.8. The predicted octanol–water partition coefficient (Wildman–Crippen LogP) is 2.60. The van der Waals surface area contributed by atoms with Gasteiger partial charge in [0, 0.05) is 24.6 Å². The van der Waals surface area contributed by atoms with E-state index in [1.165, 1.54) is 6.42 Å². The predicted molar refractivity (Wildman–Crippen MR) is 104 cm³/mol. The molecule has 3 atom stereocenters. The number of nitrogens with one attached hydrogen (secondary N) is 2. The van der Waals surface area contributed by atoms with Crippen molar-refractivity contribution in [3.8, 4) is 0 Å². The van der Waals surface area contributed by atoms with Crippen LogP contribution in [0.15, 0.2) is 35.2 Å². The molecule has 0 aromatic heterocycles. The molecular formula is C20H30N2O4S. The van der Waals surface area contributed by atoms with Gasteiger partial charge in [-0.3, -0.25) is 4.79 Å². The highest BCUT2D eigenvalue weighted by Crippen LogP contribution is 2.29. The smallest absolute Gasteiger partial charge is 0.240 e. The van der Waals surface area contributed by atoms with Gasteiger partial charge in [0.1, 0.15) is 0 Å². The van der Waals surface area contributed by atoms with Crippen LogP contribution in [-0.2, 0) is 19.6 Å². The fourth-order valence-corrected chi connectivity index (χ4v) is 5.01. The lowest BCUT2D eigenvalue weighted by molar-refractivity contribution is -0.129. The van der Waals surface area contributed by atoms with Gasteiger partial charge in [0.25, 0.3) is 0 Å². The second-order valence-electron chi connectivity index (χ2n) is 7.60. The molecule has 0 radical (unpaired) electrons. The van der Waals surface area contributed by atoms with Gasteiger partial charge < -0.3 is 10.1 Å². The Morgan fingerprint density at radius 2 is 1.89 bits per heavy atom. The number of carbonyl (C=O) groups is 1. The lowest BCUT2D eigenvalue weighted by atomic mass is 9.83. The number of amides is 1. The first kappa shape index (κ1) is 20.3. The maximum absolute atomic E-state index is 12.7. The number of hydrogen-bond donors (Lipinski definition) is 2. The van der Waals surface area contributed by atoms with E-state index in [1.54, 1.807) is 30.3 Å². The third-order valence-corrected chi connectivity index (χ3v) is 7.02. The summed E-state index contributed by atoms with van der Waals surface area (Å²) in [5.74, 6) is -0.0147. The molecular weight excluding hydrogens is 364 g/mol. The first-order chi connectivity index (χ1) is 13.0. The fourth-order valence-electron chi connectivity index (χ4n) is 3.69. The maximum atomic E-state index is 12.7. The molecule has 3 rings (SSSR count). The fraction of sp³-hybridized carbons (Fsp3) is 0.650. The quantitative estimate of drug-likeness (QED) is 0.710. The summed E-state index contributed by atoms with van der Waals surface area (Å²) in [5, 5.41) is 3.12. The van der Waals surface area contributed by atoms with Crippen molar-refractivity contribution < 1.29 is 17.9 Å². The molecule has 2 N–H and O–H groups in total. The van der Waals surface area contributed by atoms with Crippen LogP contribution in [0.3, 0.4) is 0 Å². The molecule has 0 unspecified atom stereocenters. The molecule has 2 aliphatic carbocycles. The molecule has 2 saturated carbocycles. The van der Waals surface area contributed by atoms with Gasteiger partial charge in [0.2, 0.25) is 15.9 Å². The van der Waals surface area contributed by atoms with E-state index >= 15 is 0 Å². The van der Waals surface area contributed by atoms with E-state index in [4.69, 9.17) is 4.74 Å². The topological polar surface area (TPSA) is 84.5 Å². The normalized spacial score (nSPS) is 26.3. The zero-order valence-corrected chi connectivity index (χ0v) is 16.7. The molecule has 150 valence electrons. The Bertz CT molecular complexity index is 719. The third kappa shape index (κ3) is 5.30. The summed E-state index contributed by atoms with van der Waals surface area (Å²) < 4.78 is 34.1. The minimum absolute atomic E-state index is 0.0918. The van der Waals surface area contributed by atoms with Crippen molar-refractivity contribution in [2.75, 3.05) is 6.61 Å². The molecule has 1 aromatic carbocycles. The number of rotatable bonds is 8. The molecule has 7 heteroatoms. The van der Waals surface area contributed by atoms with Crippen LogP contribution in [0.25, 0.3) is 0 Å². The standard InChI is InChI=1S/C20H30N2O4S/c1-2-13-26-19-14-15(20(23)21-16-7-6-8-16)11-12-18(19)22-27(24,25)17-9-4-3-5-10-17/h3-5,9-10,15-16,18-19,22H,2,6-8,11-14H2,1H3,(H,21,23)/t15-,18-,19-/m0/s1. The Hall–Kier alpha value is -1.44. The Balaban J connectivity index is 1.64. The van der Waals surface area contributed by atoms with Crippen molar-refractivity contribution in [1.82, 2.24) is 10.0 Å². The van der Waals surface area contributed by atoms with E-state index in [0.29, 0.717) is 31.9 Å². The Morgan fingerprint density at radius 1 is 1.15 bits per heavy atom. The number of carbonyl (C=O) groups excluding carboxylic acids is 1. The van der Waals surface area contributed by atoms with Crippen molar-refractivity contribution in [3.05, 3.63) is 30.3 Å². The SMILES string of the molecule is CCCO[C@H]1C[C@@H](C(=O)NC2CCC2)CC[C@@H]1NS(=O)(=O)c1ccccc1. The van der Waals surface area contributed by atoms with Gasteiger partial charge in [0.15, 0.2) is 0 Å². The van der Waals surface area contributed by atoms with E-state index in [1.807, 2.05) is 6.92 Å². The van der Waals surface area contributed by atoms with Crippen molar-refractivity contribution in [2.24, 2.45) is 5.92 Å². The van der Waals surface area contributed by atoms with Crippen molar-refractivity contribution in [2.45, 2.75) is 75.0 Å². The molecule has 0 bridgehead atoms. The van der Waals surface area contributed by atoms with Gasteiger partial charge >= 0.3 is 0 Å². The maximum Gasteiger partial charge on any atom is 0.240 e. The van der Waals surface area contributed by atoms with Gasteiger partial charge in [0.05, 0.1) is 11.0 Å². The molecule has 0 aliphatic heterocycles. The van der Waals surface area contributed by atoms with Crippen LogP contribution >= 0.6 is 0 Å². The average Bonchev–Trinajstić information content (AvgIpc) is 2.64. The Labute approximate surface area is 162 Å². The van der Waals surface area contributed by atoms with Gasteiger partial charge in [-0.1, -0.05) is 25.1 Å². The lowest BCUT2D eigenvalue weighted by Gasteiger charge is -2.37. The Morgan fingerprint density at radius 3 is 2.52 bits per heavy atom. The Kier molecular flexibility index (Phi) is 6.89. The number of hydrogen-bond acceptors (Lipinski definition) is 4. The zero-order chi connectivity index (χ0) is 19.3. The van der Waals surface area contributed by atoms with Gasteiger partial charge in [-0.15, -0.1) is 0 Å². The van der Waals surface area contributed by atoms with E-state index < -0.39 is 10.0 Å². The van der Waals surface area contributed by atoms with Crippen LogP contribution in [-0.4, -0.2) is 39.1 Å². The van der Waals surface area contributed by atoms with Crippen LogP contribution in [0.2, 0.25) is 0 Å². The second kappa shape index (κ2) is 9.17. The minimum Gasteiger partial charge on any atom is -0.377 e. The van der Waals surface area contributed by atoms with Gasteiger partial charge in [-0.2, -0.15) is 0 Å². The lowest BCUT2D eigenvalue weighted by Crippen LogP contribution is -2.51. The number of ether oxygens (including phenoxy) is 1. The van der Waals surface area contributed by atoms with E-state index in [9.17, 15) is 13.2 Å². The molecule has 1 aromatic rings. The van der Waals surface area contributed by atoms with Gasteiger partial charge in [-0.05, 0) is 57.1 Å². The highest BCUT2D eigenvalue weighted by atomic mass is 32.2. The van der Waals surface area contributed by atoms with Crippen molar-refractivity contribution in [3.63, 3.8) is 0 Å². The largest absolute Gasteiger partial charge is 0.377 e. The molecule has 0 spiro atoms. The van der Waals surface area contributed by atoms with Crippen molar-refractivity contribution in [1.29, 1.82) is 0 Å². The van der Waals surface area contributed by atoms with Crippen LogP contribution < -0.4 is 10.0 Å². The molecule has 27 heavy (non-hydrogen) atoms. The van der Waals surface area contributed by atoms with Gasteiger partial charge in [-0.25, -0.2) is 13.1 Å². The average molecular weight is 395 g/mol. The molecule has 0 heterocycles. The van der Waals surface area contributed by atoms with Crippen LogP contribution in [0.5, 0.6) is 0 Å². The molecule has 1 amide bonds. The molecule has 0 saturated heterocycles. The molecule has 2 aliphatic rings. The minimum atomic E-state index is -3.60. The summed E-state index contributed by atoms with van der Waals surface area (Å²) in [6.07, 6.45) is 5.71. The van der Waals surface area contributed by atoms with Crippen LogP contribution in [0.1, 0.15) is 51.9 Å². The zero-order valence-electron chi connectivity index (χ0n) is 15.9. The third-order valence-electron chi connectivity index (χ3n) is 5.51. The summed E-state index contributed by atoms with van der Waals surface area (Å²) >= 11 is 0. The van der Waals surface area contributed by atoms with E-state index in [-0.39, 0.29) is 28.9 Å². The molecule has 2 fully saturated rings. The van der Waals surface area contributed by atoms with Crippen molar-refractivity contribution >= 4 is 15.9 Å².